The molecule has 1 saturated heterocycles. The van der Waals surface area contributed by atoms with Crippen molar-refractivity contribution in [2.45, 2.75) is 20.3 Å². The average molecular weight is 505 g/mol. The Morgan fingerprint density at radius 2 is 2.00 bits per heavy atom. The summed E-state index contributed by atoms with van der Waals surface area (Å²) in [4.78, 5) is 13.3. The van der Waals surface area contributed by atoms with Gasteiger partial charge in [0.25, 0.3) is 0 Å². The van der Waals surface area contributed by atoms with Crippen LogP contribution in [0.15, 0.2) is 27.7 Å². The lowest BCUT2D eigenvalue weighted by Crippen LogP contribution is -2.53. The molecule has 1 fully saturated rings. The Kier molecular flexibility index (Phi) is 8.15. The number of rotatable bonds is 4. The highest BCUT2D eigenvalue weighted by Gasteiger charge is 2.21. The van der Waals surface area contributed by atoms with Crippen LogP contribution in [0, 0.1) is 13.8 Å². The second kappa shape index (κ2) is 10.1. The Bertz CT molecular complexity index is 773. The molecule has 1 aromatic carbocycles. The number of aromatic nitrogens is 2. The zero-order chi connectivity index (χ0) is 18.5. The molecule has 0 aliphatic carbocycles. The van der Waals surface area contributed by atoms with E-state index in [9.17, 15) is 0 Å². The standard InChI is InChI=1S/C18H25ClN6O.HI/c1-13-4-5-15(19)12-16(13)24-8-10-25(11-9-24)18(20-3)21-7-6-17-22-14(2)23-26-17;/h4-5,12H,6-11H2,1-3H3,(H,20,21);1H. The molecule has 27 heavy (non-hydrogen) atoms. The molecule has 0 radical (unpaired) electrons. The molecule has 2 heterocycles. The third-order valence-electron chi connectivity index (χ3n) is 4.49. The van der Waals surface area contributed by atoms with Gasteiger partial charge in [-0.2, -0.15) is 4.98 Å². The molecule has 0 saturated carbocycles. The van der Waals surface area contributed by atoms with Gasteiger partial charge in [-0.25, -0.2) is 0 Å². The van der Waals surface area contributed by atoms with Crippen LogP contribution in [0.3, 0.4) is 0 Å². The first-order valence-corrected chi connectivity index (χ1v) is 9.20. The van der Waals surface area contributed by atoms with Crippen molar-refractivity contribution in [1.29, 1.82) is 0 Å². The second-order valence-electron chi connectivity index (χ2n) is 6.36. The highest BCUT2D eigenvalue weighted by molar-refractivity contribution is 14.0. The summed E-state index contributed by atoms with van der Waals surface area (Å²) < 4.78 is 5.14. The first-order valence-electron chi connectivity index (χ1n) is 8.82. The number of anilines is 1. The molecular formula is C18H26ClIN6O. The van der Waals surface area contributed by atoms with Gasteiger partial charge < -0.3 is 19.6 Å². The molecule has 0 unspecified atom stereocenters. The van der Waals surface area contributed by atoms with Crippen molar-refractivity contribution in [2.75, 3.05) is 44.7 Å². The molecule has 9 heteroatoms. The maximum absolute atomic E-state index is 6.16. The molecule has 1 N–H and O–H groups in total. The smallest absolute Gasteiger partial charge is 0.228 e. The molecule has 148 valence electrons. The summed E-state index contributed by atoms with van der Waals surface area (Å²) in [6, 6.07) is 6.06. The van der Waals surface area contributed by atoms with E-state index in [4.69, 9.17) is 16.1 Å². The van der Waals surface area contributed by atoms with Crippen LogP contribution in [0.1, 0.15) is 17.3 Å². The van der Waals surface area contributed by atoms with Crippen molar-refractivity contribution in [3.05, 3.63) is 40.5 Å². The number of hydrogen-bond donors (Lipinski definition) is 1. The largest absolute Gasteiger partial charge is 0.368 e. The van der Waals surface area contributed by atoms with Crippen molar-refractivity contribution in [1.82, 2.24) is 20.4 Å². The summed E-state index contributed by atoms with van der Waals surface area (Å²) in [5.74, 6) is 2.22. The molecule has 2 aromatic rings. The predicted octanol–water partition coefficient (Wildman–Crippen LogP) is 2.90. The van der Waals surface area contributed by atoms with Gasteiger partial charge in [0, 0.05) is 56.9 Å². The van der Waals surface area contributed by atoms with Gasteiger partial charge in [-0.3, -0.25) is 4.99 Å². The number of piperazine rings is 1. The first-order chi connectivity index (χ1) is 12.6. The van der Waals surface area contributed by atoms with Gasteiger partial charge in [0.2, 0.25) is 5.89 Å². The van der Waals surface area contributed by atoms with Crippen LogP contribution in [0.5, 0.6) is 0 Å². The van der Waals surface area contributed by atoms with Gasteiger partial charge in [0.1, 0.15) is 0 Å². The van der Waals surface area contributed by atoms with Gasteiger partial charge in [0.05, 0.1) is 0 Å². The van der Waals surface area contributed by atoms with Gasteiger partial charge in [-0.15, -0.1) is 24.0 Å². The van der Waals surface area contributed by atoms with Crippen LogP contribution in [0.25, 0.3) is 0 Å². The van der Waals surface area contributed by atoms with E-state index in [2.05, 4.69) is 43.2 Å². The van der Waals surface area contributed by atoms with E-state index in [1.54, 1.807) is 0 Å². The quantitative estimate of drug-likeness (QED) is 0.392. The maximum Gasteiger partial charge on any atom is 0.228 e. The van der Waals surface area contributed by atoms with Gasteiger partial charge >= 0.3 is 0 Å². The Balaban J connectivity index is 0.00000261. The maximum atomic E-state index is 6.16. The Morgan fingerprint density at radius 3 is 2.63 bits per heavy atom. The second-order valence-corrected chi connectivity index (χ2v) is 6.80. The average Bonchev–Trinajstić information content (AvgIpc) is 3.06. The van der Waals surface area contributed by atoms with Gasteiger partial charge in [-0.05, 0) is 31.5 Å². The lowest BCUT2D eigenvalue weighted by Gasteiger charge is -2.38. The number of guanidine groups is 1. The normalized spacial score (nSPS) is 14.9. The van der Waals surface area contributed by atoms with Gasteiger partial charge in [-0.1, -0.05) is 22.8 Å². The fraction of sp³-hybridized carbons (Fsp3) is 0.500. The number of nitrogens with one attached hydrogen (secondary N) is 1. The SMILES string of the molecule is CN=C(NCCc1nc(C)no1)N1CCN(c2cc(Cl)ccc2C)CC1.I. The molecule has 1 aliphatic rings. The zero-order valence-electron chi connectivity index (χ0n) is 15.9. The summed E-state index contributed by atoms with van der Waals surface area (Å²) in [6.45, 7) is 8.34. The molecule has 3 rings (SSSR count). The van der Waals surface area contributed by atoms with Crippen LogP contribution >= 0.6 is 35.6 Å². The molecule has 0 bridgehead atoms. The zero-order valence-corrected chi connectivity index (χ0v) is 19.0. The third-order valence-corrected chi connectivity index (χ3v) is 4.73. The minimum Gasteiger partial charge on any atom is -0.368 e. The van der Waals surface area contributed by atoms with Crippen molar-refractivity contribution >= 4 is 47.2 Å². The Morgan fingerprint density at radius 1 is 1.26 bits per heavy atom. The van der Waals surface area contributed by atoms with Crippen LogP contribution in [0.4, 0.5) is 5.69 Å². The number of hydrogen-bond acceptors (Lipinski definition) is 5. The van der Waals surface area contributed by atoms with Crippen molar-refractivity contribution in [3.8, 4) is 0 Å². The summed E-state index contributed by atoms with van der Waals surface area (Å²) in [6.07, 6.45) is 0.682. The third kappa shape index (κ3) is 5.71. The van der Waals surface area contributed by atoms with Crippen molar-refractivity contribution < 1.29 is 4.52 Å². The highest BCUT2D eigenvalue weighted by Crippen LogP contribution is 2.25. The monoisotopic (exact) mass is 504 g/mol. The van der Waals surface area contributed by atoms with Crippen LogP contribution in [0.2, 0.25) is 5.02 Å². The lowest BCUT2D eigenvalue weighted by molar-refractivity contribution is 0.363. The lowest BCUT2D eigenvalue weighted by atomic mass is 10.1. The summed E-state index contributed by atoms with van der Waals surface area (Å²) in [7, 11) is 1.81. The first kappa shape index (κ1) is 21.7. The summed E-state index contributed by atoms with van der Waals surface area (Å²) in [5, 5.41) is 7.97. The highest BCUT2D eigenvalue weighted by atomic mass is 127. The van der Waals surface area contributed by atoms with E-state index in [0.29, 0.717) is 24.7 Å². The Hall–Kier alpha value is -1.55. The molecule has 0 atom stereocenters. The summed E-state index contributed by atoms with van der Waals surface area (Å²) >= 11 is 6.16. The fourth-order valence-electron chi connectivity index (χ4n) is 3.14. The fourth-order valence-corrected chi connectivity index (χ4v) is 3.30. The molecule has 0 amide bonds. The Labute approximate surface area is 182 Å². The van der Waals surface area contributed by atoms with Crippen LogP contribution < -0.4 is 10.2 Å². The molecule has 1 aliphatic heterocycles. The van der Waals surface area contributed by atoms with E-state index in [0.717, 1.165) is 37.2 Å². The number of benzene rings is 1. The van der Waals surface area contributed by atoms with E-state index in [-0.39, 0.29) is 24.0 Å². The molecule has 0 spiro atoms. The van der Waals surface area contributed by atoms with Gasteiger partial charge in [0.15, 0.2) is 11.8 Å². The minimum absolute atomic E-state index is 0. The molecule has 1 aromatic heterocycles. The van der Waals surface area contributed by atoms with Crippen molar-refractivity contribution in [2.24, 2.45) is 4.99 Å². The number of aryl methyl sites for hydroxylation is 2. The molecular weight excluding hydrogens is 479 g/mol. The van der Waals surface area contributed by atoms with E-state index in [1.165, 1.54) is 11.3 Å². The number of aliphatic imine (C=N–C) groups is 1. The van der Waals surface area contributed by atoms with Crippen LogP contribution in [-0.4, -0.2) is 60.8 Å². The minimum atomic E-state index is 0. The summed E-state index contributed by atoms with van der Waals surface area (Å²) in [5.41, 5.74) is 2.46. The van der Waals surface area contributed by atoms with E-state index in [1.807, 2.05) is 26.1 Å². The molecule has 7 nitrogen and oxygen atoms in total. The van der Waals surface area contributed by atoms with E-state index < -0.39 is 0 Å². The number of halogens is 2. The predicted molar refractivity (Wildman–Crippen MR) is 119 cm³/mol. The van der Waals surface area contributed by atoms with Crippen LogP contribution in [-0.2, 0) is 6.42 Å². The topological polar surface area (TPSA) is 69.8 Å². The number of nitrogens with zero attached hydrogens (tertiary/aromatic N) is 5. The van der Waals surface area contributed by atoms with E-state index >= 15 is 0 Å². The van der Waals surface area contributed by atoms with Crippen molar-refractivity contribution in [3.63, 3.8) is 0 Å².